The van der Waals surface area contributed by atoms with Gasteiger partial charge in [-0.25, -0.2) is 0 Å². The molecule has 3 amide bonds. The summed E-state index contributed by atoms with van der Waals surface area (Å²) < 4.78 is 0. The minimum Gasteiger partial charge on any atom is -0.398 e. The molecule has 112 valence electrons. The molecule has 2 heterocycles. The molecule has 6 nitrogen and oxygen atoms in total. The van der Waals surface area contributed by atoms with Gasteiger partial charge in [0.05, 0.1) is 5.69 Å². The molecule has 0 bridgehead atoms. The van der Waals surface area contributed by atoms with Crippen molar-refractivity contribution in [2.75, 3.05) is 10.6 Å². The Morgan fingerprint density at radius 2 is 2.00 bits per heavy atom. The van der Waals surface area contributed by atoms with E-state index in [1.165, 1.54) is 4.90 Å². The van der Waals surface area contributed by atoms with Crippen molar-refractivity contribution in [3.63, 3.8) is 0 Å². The minimum atomic E-state index is -0.629. The van der Waals surface area contributed by atoms with Crippen molar-refractivity contribution in [3.05, 3.63) is 22.6 Å². The predicted molar refractivity (Wildman–Crippen MR) is 80.9 cm³/mol. The van der Waals surface area contributed by atoms with E-state index in [-0.39, 0.29) is 18.2 Å². The van der Waals surface area contributed by atoms with Crippen LogP contribution >= 0.6 is 0 Å². The minimum absolute atomic E-state index is 0.135. The standard InChI is InChI=1S/C16H15N3O3/c17-10-4-5-11-14-8(10)2-1-3-9(14)16(22)19(11)12-6-7-13(20)18-15(12)21/h2,4-5,12H,1,3,6-7,17H2,(H,18,20,21). The Morgan fingerprint density at radius 1 is 1.18 bits per heavy atom. The van der Waals surface area contributed by atoms with Crippen molar-refractivity contribution in [2.45, 2.75) is 31.7 Å². The number of hydrogen-bond acceptors (Lipinski definition) is 4. The third-order valence-corrected chi connectivity index (χ3v) is 4.56. The second-order valence-corrected chi connectivity index (χ2v) is 5.83. The van der Waals surface area contributed by atoms with Crippen LogP contribution in [0.1, 0.15) is 25.7 Å². The first-order chi connectivity index (χ1) is 10.6. The van der Waals surface area contributed by atoms with Crippen molar-refractivity contribution in [1.29, 1.82) is 0 Å². The van der Waals surface area contributed by atoms with Gasteiger partial charge >= 0.3 is 0 Å². The SMILES string of the molecule is Nc1ccc2c3c1=CCCC=3C(=O)N2C1CCC(=O)NC1=O. The lowest BCUT2D eigenvalue weighted by Crippen LogP contribution is -2.54. The molecule has 1 saturated heterocycles. The number of amides is 3. The highest BCUT2D eigenvalue weighted by atomic mass is 16.2. The van der Waals surface area contributed by atoms with Gasteiger partial charge in [-0.05, 0) is 31.4 Å². The van der Waals surface area contributed by atoms with E-state index >= 15 is 0 Å². The maximum absolute atomic E-state index is 12.8. The maximum atomic E-state index is 12.8. The largest absolute Gasteiger partial charge is 0.398 e. The van der Waals surface area contributed by atoms with E-state index < -0.39 is 11.9 Å². The number of rotatable bonds is 1. The molecule has 0 spiro atoms. The number of nitrogens with one attached hydrogen (secondary N) is 1. The Balaban J connectivity index is 1.87. The first kappa shape index (κ1) is 13.1. The fourth-order valence-corrected chi connectivity index (χ4v) is 3.55. The number of carbonyl (C=O) groups is 3. The summed E-state index contributed by atoms with van der Waals surface area (Å²) in [5.74, 6) is -0.823. The molecule has 1 aromatic carbocycles. The molecule has 0 saturated carbocycles. The highest BCUT2D eigenvalue weighted by molar-refractivity contribution is 6.27. The van der Waals surface area contributed by atoms with Crippen LogP contribution in [0.5, 0.6) is 0 Å². The summed E-state index contributed by atoms with van der Waals surface area (Å²) in [6, 6.07) is 2.93. The predicted octanol–water partition coefficient (Wildman–Crippen LogP) is -0.854. The monoisotopic (exact) mass is 297 g/mol. The van der Waals surface area contributed by atoms with Crippen LogP contribution in [0, 0.1) is 0 Å². The Labute approximate surface area is 126 Å². The molecule has 1 aliphatic carbocycles. The number of imide groups is 1. The van der Waals surface area contributed by atoms with Crippen LogP contribution in [0.3, 0.4) is 0 Å². The van der Waals surface area contributed by atoms with E-state index in [4.69, 9.17) is 5.73 Å². The number of hydrogen-bond donors (Lipinski definition) is 2. The molecule has 0 aromatic heterocycles. The van der Waals surface area contributed by atoms with Gasteiger partial charge in [-0.15, -0.1) is 0 Å². The lowest BCUT2D eigenvalue weighted by Gasteiger charge is -2.30. The Bertz CT molecular complexity index is 856. The average molecular weight is 297 g/mol. The first-order valence-corrected chi connectivity index (χ1v) is 7.37. The second-order valence-electron chi connectivity index (χ2n) is 5.83. The van der Waals surface area contributed by atoms with Crippen molar-refractivity contribution in [3.8, 4) is 0 Å². The molecule has 0 radical (unpaired) electrons. The Kier molecular flexibility index (Phi) is 2.63. The van der Waals surface area contributed by atoms with Crippen molar-refractivity contribution >= 4 is 40.7 Å². The molecule has 1 unspecified atom stereocenters. The number of nitrogens with two attached hydrogens (primary N) is 1. The topological polar surface area (TPSA) is 92.5 Å². The van der Waals surface area contributed by atoms with Gasteiger partial charge in [0.15, 0.2) is 0 Å². The molecule has 22 heavy (non-hydrogen) atoms. The van der Waals surface area contributed by atoms with Crippen LogP contribution in [0.2, 0.25) is 0 Å². The van der Waals surface area contributed by atoms with Gasteiger partial charge in [-0.3, -0.25) is 24.6 Å². The van der Waals surface area contributed by atoms with E-state index in [1.807, 2.05) is 6.08 Å². The van der Waals surface area contributed by atoms with Gasteiger partial charge < -0.3 is 5.73 Å². The van der Waals surface area contributed by atoms with E-state index in [2.05, 4.69) is 5.32 Å². The fraction of sp³-hybridized carbons (Fsp3) is 0.312. The average Bonchev–Trinajstić information content (AvgIpc) is 2.78. The molecule has 4 rings (SSSR count). The van der Waals surface area contributed by atoms with Crippen molar-refractivity contribution < 1.29 is 14.4 Å². The number of carbonyl (C=O) groups excluding carboxylic acids is 3. The fourth-order valence-electron chi connectivity index (χ4n) is 3.55. The van der Waals surface area contributed by atoms with Crippen LogP contribution < -0.4 is 26.4 Å². The summed E-state index contributed by atoms with van der Waals surface area (Å²) in [5.41, 5.74) is 8.12. The van der Waals surface area contributed by atoms with Crippen LogP contribution in [0.25, 0.3) is 11.6 Å². The molecule has 6 heteroatoms. The molecule has 2 aliphatic heterocycles. The molecular weight excluding hydrogens is 282 g/mol. The van der Waals surface area contributed by atoms with E-state index in [0.717, 1.165) is 28.1 Å². The summed E-state index contributed by atoms with van der Waals surface area (Å²) in [5, 5.41) is 4.07. The number of anilines is 2. The van der Waals surface area contributed by atoms with Gasteiger partial charge in [-0.2, -0.15) is 0 Å². The highest BCUT2D eigenvalue weighted by Gasteiger charge is 2.40. The summed E-state index contributed by atoms with van der Waals surface area (Å²) in [4.78, 5) is 37.8. The molecule has 1 atom stereocenters. The molecule has 1 aromatic rings. The van der Waals surface area contributed by atoms with Gasteiger partial charge in [0.25, 0.3) is 5.91 Å². The van der Waals surface area contributed by atoms with E-state index in [1.54, 1.807) is 12.1 Å². The lowest BCUT2D eigenvalue weighted by atomic mass is 10.00. The second kappa shape index (κ2) is 4.43. The molecular formula is C16H15N3O3. The van der Waals surface area contributed by atoms with Gasteiger partial charge in [0.1, 0.15) is 6.04 Å². The zero-order valence-corrected chi connectivity index (χ0v) is 11.9. The van der Waals surface area contributed by atoms with Gasteiger partial charge in [-0.1, -0.05) is 6.08 Å². The zero-order valence-electron chi connectivity index (χ0n) is 11.9. The molecule has 3 N–H and O–H groups in total. The summed E-state index contributed by atoms with van der Waals surface area (Å²) >= 11 is 0. The third-order valence-electron chi connectivity index (χ3n) is 4.56. The number of nitrogens with zero attached hydrogens (tertiary/aromatic N) is 1. The van der Waals surface area contributed by atoms with E-state index in [0.29, 0.717) is 18.5 Å². The normalized spacial score (nSPS) is 23.3. The Morgan fingerprint density at radius 3 is 2.77 bits per heavy atom. The number of benzene rings is 1. The zero-order chi connectivity index (χ0) is 15.4. The lowest BCUT2D eigenvalue weighted by molar-refractivity contribution is -0.135. The maximum Gasteiger partial charge on any atom is 0.255 e. The first-order valence-electron chi connectivity index (χ1n) is 7.37. The number of piperidine rings is 1. The van der Waals surface area contributed by atoms with E-state index in [9.17, 15) is 14.4 Å². The van der Waals surface area contributed by atoms with Crippen LogP contribution in [-0.4, -0.2) is 23.8 Å². The van der Waals surface area contributed by atoms with Crippen LogP contribution in [0.4, 0.5) is 11.4 Å². The molecule has 3 aliphatic rings. The van der Waals surface area contributed by atoms with Gasteiger partial charge in [0, 0.05) is 28.1 Å². The summed E-state index contributed by atoms with van der Waals surface area (Å²) in [6.45, 7) is 0. The summed E-state index contributed by atoms with van der Waals surface area (Å²) in [6.07, 6.45) is 4.07. The van der Waals surface area contributed by atoms with Crippen LogP contribution in [0.15, 0.2) is 12.1 Å². The smallest absolute Gasteiger partial charge is 0.255 e. The van der Waals surface area contributed by atoms with Crippen molar-refractivity contribution in [2.24, 2.45) is 0 Å². The van der Waals surface area contributed by atoms with Crippen LogP contribution in [-0.2, 0) is 14.4 Å². The third kappa shape index (κ3) is 1.63. The number of nitrogen functional groups attached to an aromatic ring is 1. The highest BCUT2D eigenvalue weighted by Crippen LogP contribution is 2.29. The summed E-state index contributed by atoms with van der Waals surface area (Å²) in [7, 11) is 0. The van der Waals surface area contributed by atoms with Gasteiger partial charge in [0.2, 0.25) is 11.8 Å². The quantitative estimate of drug-likeness (QED) is 0.521. The Hall–Kier alpha value is -2.63. The molecule has 1 fully saturated rings. The van der Waals surface area contributed by atoms with Crippen molar-refractivity contribution in [1.82, 2.24) is 5.32 Å².